The van der Waals surface area contributed by atoms with Gasteiger partial charge in [0.25, 0.3) is 5.91 Å². The number of nitrogens with zero attached hydrogens (tertiary/aromatic N) is 1. The van der Waals surface area contributed by atoms with E-state index in [0.717, 1.165) is 6.42 Å². The molecule has 0 bridgehead atoms. The van der Waals surface area contributed by atoms with Crippen LogP contribution in [-0.2, 0) is 14.8 Å². The van der Waals surface area contributed by atoms with E-state index in [-0.39, 0.29) is 22.8 Å². The minimum Gasteiger partial charge on any atom is -0.377 e. The van der Waals surface area contributed by atoms with Gasteiger partial charge in [0.15, 0.2) is 0 Å². The maximum Gasteiger partial charge on any atom is 0.252 e. The fraction of sp³-hybridized carbons (Fsp3) is 0.562. The maximum atomic E-state index is 12.1. The second-order valence-electron chi connectivity index (χ2n) is 5.93. The number of hydrogen-bond donors (Lipinski definition) is 1. The second kappa shape index (κ2) is 8.18. The summed E-state index contributed by atoms with van der Waals surface area (Å²) in [6, 6.07) is 4.71. The lowest BCUT2D eigenvalue weighted by Crippen LogP contribution is -2.37. The molecule has 6 nitrogen and oxygen atoms in total. The molecule has 1 aliphatic rings. The first-order valence-electron chi connectivity index (χ1n) is 8.01. The van der Waals surface area contributed by atoms with Crippen molar-refractivity contribution in [1.29, 1.82) is 0 Å². The third kappa shape index (κ3) is 4.84. The van der Waals surface area contributed by atoms with Gasteiger partial charge in [-0.15, -0.1) is 0 Å². The van der Waals surface area contributed by atoms with Crippen molar-refractivity contribution in [3.8, 4) is 0 Å². The van der Waals surface area contributed by atoms with Gasteiger partial charge in [-0.2, -0.15) is 0 Å². The van der Waals surface area contributed by atoms with E-state index in [1.807, 2.05) is 13.8 Å². The summed E-state index contributed by atoms with van der Waals surface area (Å²) in [5, 5.41) is 2.96. The van der Waals surface area contributed by atoms with E-state index >= 15 is 0 Å². The predicted molar refractivity (Wildman–Crippen MR) is 95.2 cm³/mol. The molecule has 0 aromatic heterocycles. The van der Waals surface area contributed by atoms with Crippen LogP contribution in [0.1, 0.15) is 37.0 Å². The van der Waals surface area contributed by atoms with Crippen molar-refractivity contribution >= 4 is 33.2 Å². The average Bonchev–Trinajstić information content (AvgIpc) is 2.50. The molecule has 24 heavy (non-hydrogen) atoms. The highest BCUT2D eigenvalue weighted by Gasteiger charge is 2.26. The number of halogens is 1. The number of carbonyl (C=O) groups is 1. The van der Waals surface area contributed by atoms with Gasteiger partial charge in [-0.25, -0.2) is 8.42 Å². The Bertz CT molecular complexity index is 691. The molecule has 1 aromatic carbocycles. The van der Waals surface area contributed by atoms with Crippen LogP contribution in [0.3, 0.4) is 0 Å². The maximum absolute atomic E-state index is 12.1. The summed E-state index contributed by atoms with van der Waals surface area (Å²) in [4.78, 5) is 12.1. The van der Waals surface area contributed by atoms with E-state index in [0.29, 0.717) is 37.4 Å². The molecule has 1 aliphatic heterocycles. The number of amides is 1. The van der Waals surface area contributed by atoms with Gasteiger partial charge in [0.1, 0.15) is 0 Å². The van der Waals surface area contributed by atoms with Crippen molar-refractivity contribution in [2.24, 2.45) is 0 Å². The molecule has 8 heteroatoms. The molecule has 2 rings (SSSR count). The molecule has 1 aromatic rings. The molecule has 0 aliphatic carbocycles. The first kappa shape index (κ1) is 19.0. The van der Waals surface area contributed by atoms with Crippen LogP contribution in [0.2, 0.25) is 5.02 Å². The molecule has 1 fully saturated rings. The van der Waals surface area contributed by atoms with Gasteiger partial charge >= 0.3 is 0 Å². The van der Waals surface area contributed by atoms with Gasteiger partial charge < -0.3 is 10.1 Å². The standard InChI is InChI=1S/C16H23ClN2O4S/c1-12(2)23-9-7-18-16(20)14-6-5-13(11-15(14)17)19-8-3-4-10-24(19,21)22/h5-6,11-12H,3-4,7-10H2,1-2H3,(H,18,20). The largest absolute Gasteiger partial charge is 0.377 e. The Kier molecular flexibility index (Phi) is 6.48. The summed E-state index contributed by atoms with van der Waals surface area (Å²) in [7, 11) is -3.29. The molecule has 0 unspecified atom stereocenters. The first-order valence-corrected chi connectivity index (χ1v) is 10.00. The zero-order chi connectivity index (χ0) is 17.7. The van der Waals surface area contributed by atoms with Crippen LogP contribution >= 0.6 is 11.6 Å². The summed E-state index contributed by atoms with van der Waals surface area (Å²) in [6.45, 7) is 5.09. The second-order valence-corrected chi connectivity index (χ2v) is 8.35. The third-order valence-corrected chi connectivity index (χ3v) is 5.86. The Hall–Kier alpha value is -1.31. The molecule has 1 N–H and O–H groups in total. The van der Waals surface area contributed by atoms with E-state index in [2.05, 4.69) is 5.32 Å². The van der Waals surface area contributed by atoms with Gasteiger partial charge in [-0.05, 0) is 44.9 Å². The van der Waals surface area contributed by atoms with Crippen molar-refractivity contribution in [3.63, 3.8) is 0 Å². The van der Waals surface area contributed by atoms with E-state index < -0.39 is 10.0 Å². The van der Waals surface area contributed by atoms with Crippen molar-refractivity contribution in [2.45, 2.75) is 32.8 Å². The Labute approximate surface area is 148 Å². The van der Waals surface area contributed by atoms with Crippen LogP contribution in [0, 0.1) is 0 Å². The predicted octanol–water partition coefficient (Wildman–Crippen LogP) is 2.42. The lowest BCUT2D eigenvalue weighted by molar-refractivity contribution is 0.0746. The molecule has 0 spiro atoms. The number of rotatable bonds is 6. The van der Waals surface area contributed by atoms with Gasteiger partial charge in [-0.1, -0.05) is 11.6 Å². The molecule has 134 valence electrons. The van der Waals surface area contributed by atoms with Crippen LogP contribution in [0.4, 0.5) is 5.69 Å². The number of nitrogens with one attached hydrogen (secondary N) is 1. The summed E-state index contributed by atoms with van der Waals surface area (Å²) in [5.74, 6) is -0.164. The Morgan fingerprint density at radius 1 is 1.38 bits per heavy atom. The number of ether oxygens (including phenoxy) is 1. The molecule has 0 radical (unpaired) electrons. The quantitative estimate of drug-likeness (QED) is 0.776. The highest BCUT2D eigenvalue weighted by molar-refractivity contribution is 7.92. The van der Waals surface area contributed by atoms with E-state index in [9.17, 15) is 13.2 Å². The normalized spacial score (nSPS) is 17.1. The summed E-state index contributed by atoms with van der Waals surface area (Å²) in [5.41, 5.74) is 0.818. The number of anilines is 1. The van der Waals surface area contributed by atoms with Gasteiger partial charge in [0.2, 0.25) is 10.0 Å². The van der Waals surface area contributed by atoms with Crippen LogP contribution in [-0.4, -0.2) is 45.9 Å². The van der Waals surface area contributed by atoms with E-state index in [1.165, 1.54) is 10.4 Å². The van der Waals surface area contributed by atoms with Crippen LogP contribution in [0.5, 0.6) is 0 Å². The van der Waals surface area contributed by atoms with Crippen LogP contribution in [0.15, 0.2) is 18.2 Å². The minimum atomic E-state index is -3.29. The summed E-state index contributed by atoms with van der Waals surface area (Å²) in [6.07, 6.45) is 1.59. The Morgan fingerprint density at radius 3 is 2.75 bits per heavy atom. The fourth-order valence-corrected chi connectivity index (χ4v) is 4.37. The Morgan fingerprint density at radius 2 is 2.12 bits per heavy atom. The van der Waals surface area contributed by atoms with Gasteiger partial charge in [-0.3, -0.25) is 9.10 Å². The monoisotopic (exact) mass is 374 g/mol. The smallest absolute Gasteiger partial charge is 0.252 e. The average molecular weight is 375 g/mol. The van der Waals surface area contributed by atoms with Gasteiger partial charge in [0, 0.05) is 13.1 Å². The van der Waals surface area contributed by atoms with Gasteiger partial charge in [0.05, 0.1) is 34.7 Å². The fourth-order valence-electron chi connectivity index (χ4n) is 2.48. The van der Waals surface area contributed by atoms with E-state index in [4.69, 9.17) is 16.3 Å². The third-order valence-electron chi connectivity index (χ3n) is 3.67. The zero-order valence-corrected chi connectivity index (χ0v) is 15.5. The van der Waals surface area contributed by atoms with E-state index in [1.54, 1.807) is 12.1 Å². The number of hydrogen-bond acceptors (Lipinski definition) is 4. The molecule has 1 saturated heterocycles. The molecule has 0 saturated carbocycles. The number of sulfonamides is 1. The lowest BCUT2D eigenvalue weighted by atomic mass is 10.2. The zero-order valence-electron chi connectivity index (χ0n) is 13.9. The minimum absolute atomic E-state index is 0.108. The highest BCUT2D eigenvalue weighted by atomic mass is 35.5. The topological polar surface area (TPSA) is 75.7 Å². The molecule has 0 atom stereocenters. The number of carbonyl (C=O) groups excluding carboxylic acids is 1. The summed E-state index contributed by atoms with van der Waals surface area (Å²) >= 11 is 6.19. The van der Waals surface area contributed by atoms with Crippen molar-refractivity contribution < 1.29 is 17.9 Å². The molecular weight excluding hydrogens is 352 g/mol. The first-order chi connectivity index (χ1) is 11.3. The molecular formula is C16H23ClN2O4S. The van der Waals surface area contributed by atoms with Crippen LogP contribution in [0.25, 0.3) is 0 Å². The molecule has 1 amide bonds. The van der Waals surface area contributed by atoms with Crippen molar-refractivity contribution in [3.05, 3.63) is 28.8 Å². The van der Waals surface area contributed by atoms with Crippen molar-refractivity contribution in [2.75, 3.05) is 29.8 Å². The SMILES string of the molecule is CC(C)OCCNC(=O)c1ccc(N2CCCCS2(=O)=O)cc1Cl. The van der Waals surface area contributed by atoms with Crippen LogP contribution < -0.4 is 9.62 Å². The number of benzene rings is 1. The highest BCUT2D eigenvalue weighted by Crippen LogP contribution is 2.28. The van der Waals surface area contributed by atoms with Crippen molar-refractivity contribution in [1.82, 2.24) is 5.32 Å². The Balaban J connectivity index is 2.05. The molecule has 1 heterocycles. The summed E-state index contributed by atoms with van der Waals surface area (Å²) < 4.78 is 31.0. The lowest BCUT2D eigenvalue weighted by Gasteiger charge is -2.28.